The van der Waals surface area contributed by atoms with Crippen LogP contribution in [-0.4, -0.2) is 23.1 Å². The molecule has 0 aliphatic rings. The summed E-state index contributed by atoms with van der Waals surface area (Å²) in [5.74, 6) is 0.935. The van der Waals surface area contributed by atoms with E-state index in [-0.39, 0.29) is 6.04 Å². The Morgan fingerprint density at radius 2 is 2.31 bits per heavy atom. The standard InChI is InChI=1S/C11H16BrN3S/c1-7-4-11(14-6-9(7)12)15(3)8(2)5-10(13)16/h4,6,8H,5H2,1-3H3,(H2,13,16). The first-order chi connectivity index (χ1) is 7.41. The zero-order chi connectivity index (χ0) is 12.3. The van der Waals surface area contributed by atoms with Crippen molar-refractivity contribution < 1.29 is 0 Å². The highest BCUT2D eigenvalue weighted by atomic mass is 79.9. The predicted molar refractivity (Wildman–Crippen MR) is 75.9 cm³/mol. The molecule has 1 heterocycles. The lowest BCUT2D eigenvalue weighted by molar-refractivity contribution is 0.705. The Balaban J connectivity index is 2.83. The second kappa shape index (κ2) is 5.59. The van der Waals surface area contributed by atoms with E-state index in [4.69, 9.17) is 18.0 Å². The van der Waals surface area contributed by atoms with Gasteiger partial charge in [-0.2, -0.15) is 0 Å². The lowest BCUT2D eigenvalue weighted by atomic mass is 10.2. The molecule has 0 aromatic carbocycles. The summed E-state index contributed by atoms with van der Waals surface area (Å²) in [7, 11) is 2.00. The zero-order valence-corrected chi connectivity index (χ0v) is 12.1. The highest BCUT2D eigenvalue weighted by molar-refractivity contribution is 9.10. The van der Waals surface area contributed by atoms with Crippen LogP contribution in [0.2, 0.25) is 0 Å². The van der Waals surface area contributed by atoms with Crippen LogP contribution in [0.3, 0.4) is 0 Å². The van der Waals surface area contributed by atoms with E-state index in [0.717, 1.165) is 10.3 Å². The van der Waals surface area contributed by atoms with Crippen LogP contribution >= 0.6 is 28.1 Å². The van der Waals surface area contributed by atoms with E-state index < -0.39 is 0 Å². The molecule has 0 saturated carbocycles. The maximum atomic E-state index is 5.54. The number of rotatable bonds is 4. The van der Waals surface area contributed by atoms with Crippen LogP contribution in [0.25, 0.3) is 0 Å². The van der Waals surface area contributed by atoms with Gasteiger partial charge in [-0.1, -0.05) is 12.2 Å². The molecule has 0 aliphatic heterocycles. The highest BCUT2D eigenvalue weighted by Gasteiger charge is 2.12. The number of thiocarbonyl (C=S) groups is 1. The SMILES string of the molecule is Cc1cc(N(C)C(C)CC(N)=S)ncc1Br. The number of nitrogens with two attached hydrogens (primary N) is 1. The molecule has 0 aliphatic carbocycles. The minimum atomic E-state index is 0.255. The van der Waals surface area contributed by atoms with Crippen molar-refractivity contribution in [2.24, 2.45) is 5.73 Å². The molecular weight excluding hydrogens is 286 g/mol. The normalized spacial score (nSPS) is 12.2. The van der Waals surface area contributed by atoms with Crippen molar-refractivity contribution in [1.82, 2.24) is 4.98 Å². The number of aromatic nitrogens is 1. The Morgan fingerprint density at radius 3 is 2.81 bits per heavy atom. The molecule has 0 fully saturated rings. The van der Waals surface area contributed by atoms with E-state index in [1.54, 1.807) is 0 Å². The van der Waals surface area contributed by atoms with Crippen LogP contribution in [0, 0.1) is 6.92 Å². The van der Waals surface area contributed by atoms with Crippen molar-refractivity contribution in [3.05, 3.63) is 22.3 Å². The van der Waals surface area contributed by atoms with Crippen LogP contribution in [0.4, 0.5) is 5.82 Å². The summed E-state index contributed by atoms with van der Waals surface area (Å²) >= 11 is 8.34. The summed E-state index contributed by atoms with van der Waals surface area (Å²) in [5, 5.41) is 0. The van der Waals surface area contributed by atoms with Gasteiger partial charge in [0.05, 0.1) is 4.99 Å². The number of pyridine rings is 1. The number of anilines is 1. The molecule has 0 bridgehead atoms. The molecule has 0 amide bonds. The van der Waals surface area contributed by atoms with E-state index in [9.17, 15) is 0 Å². The van der Waals surface area contributed by atoms with E-state index in [2.05, 4.69) is 32.7 Å². The van der Waals surface area contributed by atoms with Crippen molar-refractivity contribution >= 4 is 39.0 Å². The van der Waals surface area contributed by atoms with Crippen LogP contribution in [0.5, 0.6) is 0 Å². The Labute approximate surface area is 110 Å². The van der Waals surface area contributed by atoms with Gasteiger partial charge in [-0.3, -0.25) is 0 Å². The second-order valence-electron chi connectivity index (χ2n) is 3.92. The molecule has 0 spiro atoms. The van der Waals surface area contributed by atoms with Gasteiger partial charge in [0.1, 0.15) is 5.82 Å². The van der Waals surface area contributed by atoms with Crippen LogP contribution in [0.1, 0.15) is 18.9 Å². The Hall–Kier alpha value is -0.680. The molecular formula is C11H16BrN3S. The maximum absolute atomic E-state index is 5.54. The molecule has 1 rings (SSSR count). The summed E-state index contributed by atoms with van der Waals surface area (Å²) in [6, 6.07) is 2.30. The molecule has 1 atom stereocenters. The first kappa shape index (κ1) is 13.4. The minimum Gasteiger partial charge on any atom is -0.393 e. The molecule has 16 heavy (non-hydrogen) atoms. The molecule has 1 aromatic heterocycles. The van der Waals surface area contributed by atoms with Gasteiger partial charge in [0.25, 0.3) is 0 Å². The van der Waals surface area contributed by atoms with E-state index in [1.807, 2.05) is 26.2 Å². The smallest absolute Gasteiger partial charge is 0.128 e. The molecule has 1 unspecified atom stereocenters. The van der Waals surface area contributed by atoms with E-state index >= 15 is 0 Å². The number of hydrogen-bond acceptors (Lipinski definition) is 3. The molecule has 5 heteroatoms. The van der Waals surface area contributed by atoms with Crippen molar-refractivity contribution in [1.29, 1.82) is 0 Å². The molecule has 0 saturated heterocycles. The fourth-order valence-corrected chi connectivity index (χ4v) is 1.83. The number of nitrogens with zero attached hydrogens (tertiary/aromatic N) is 2. The average Bonchev–Trinajstić information content (AvgIpc) is 2.20. The van der Waals surface area contributed by atoms with Crippen LogP contribution in [0.15, 0.2) is 16.7 Å². The summed E-state index contributed by atoms with van der Waals surface area (Å²) in [6.45, 7) is 4.12. The Kier molecular flexibility index (Phi) is 4.68. The third-order valence-corrected chi connectivity index (χ3v) is 3.55. The quantitative estimate of drug-likeness (QED) is 0.868. The highest BCUT2D eigenvalue weighted by Crippen LogP contribution is 2.21. The number of hydrogen-bond donors (Lipinski definition) is 1. The number of halogens is 1. The van der Waals surface area contributed by atoms with Gasteiger partial charge >= 0.3 is 0 Å². The lowest BCUT2D eigenvalue weighted by Gasteiger charge is -2.26. The molecule has 1 aromatic rings. The monoisotopic (exact) mass is 301 g/mol. The topological polar surface area (TPSA) is 42.1 Å². The lowest BCUT2D eigenvalue weighted by Crippen LogP contribution is -2.33. The third kappa shape index (κ3) is 3.42. The van der Waals surface area contributed by atoms with Gasteiger partial charge in [0, 0.05) is 30.2 Å². The first-order valence-electron chi connectivity index (χ1n) is 5.05. The summed E-state index contributed by atoms with van der Waals surface area (Å²) in [6.07, 6.45) is 2.51. The van der Waals surface area contributed by atoms with E-state index in [0.29, 0.717) is 11.4 Å². The van der Waals surface area contributed by atoms with Crippen molar-refractivity contribution in [2.45, 2.75) is 26.3 Å². The van der Waals surface area contributed by atoms with Crippen molar-refractivity contribution in [3.8, 4) is 0 Å². The van der Waals surface area contributed by atoms with Crippen LogP contribution in [-0.2, 0) is 0 Å². The Morgan fingerprint density at radius 1 is 1.69 bits per heavy atom. The van der Waals surface area contributed by atoms with Gasteiger partial charge in [0.2, 0.25) is 0 Å². The minimum absolute atomic E-state index is 0.255. The average molecular weight is 302 g/mol. The van der Waals surface area contributed by atoms with Gasteiger partial charge in [-0.15, -0.1) is 0 Å². The van der Waals surface area contributed by atoms with Gasteiger partial charge in [0.15, 0.2) is 0 Å². The van der Waals surface area contributed by atoms with Crippen molar-refractivity contribution in [2.75, 3.05) is 11.9 Å². The Bertz CT molecular complexity index is 395. The fourth-order valence-electron chi connectivity index (χ4n) is 1.37. The molecule has 2 N–H and O–H groups in total. The molecule has 3 nitrogen and oxygen atoms in total. The van der Waals surface area contributed by atoms with E-state index in [1.165, 1.54) is 5.56 Å². The van der Waals surface area contributed by atoms with Gasteiger partial charge in [-0.25, -0.2) is 4.98 Å². The fraction of sp³-hybridized carbons (Fsp3) is 0.455. The predicted octanol–water partition coefficient (Wildman–Crippen LogP) is 2.65. The second-order valence-corrected chi connectivity index (χ2v) is 5.30. The third-order valence-electron chi connectivity index (χ3n) is 2.55. The largest absolute Gasteiger partial charge is 0.393 e. The van der Waals surface area contributed by atoms with Gasteiger partial charge < -0.3 is 10.6 Å². The van der Waals surface area contributed by atoms with Crippen molar-refractivity contribution in [3.63, 3.8) is 0 Å². The number of aryl methyl sites for hydroxylation is 1. The first-order valence-corrected chi connectivity index (χ1v) is 6.25. The van der Waals surface area contributed by atoms with Crippen LogP contribution < -0.4 is 10.6 Å². The van der Waals surface area contributed by atoms with Gasteiger partial charge in [-0.05, 0) is 41.4 Å². The zero-order valence-electron chi connectivity index (χ0n) is 9.70. The maximum Gasteiger partial charge on any atom is 0.128 e. The summed E-state index contributed by atoms with van der Waals surface area (Å²) < 4.78 is 1.02. The summed E-state index contributed by atoms with van der Waals surface area (Å²) in [5.41, 5.74) is 6.71. The molecule has 0 radical (unpaired) electrons. The summed E-state index contributed by atoms with van der Waals surface area (Å²) in [4.78, 5) is 6.98. The molecule has 88 valence electrons.